The molecule has 11 nitrogen and oxygen atoms in total. The van der Waals surface area contributed by atoms with Gasteiger partial charge in [0, 0.05) is 24.1 Å². The van der Waals surface area contributed by atoms with Crippen LogP contribution >= 0.6 is 0 Å². The van der Waals surface area contributed by atoms with Crippen molar-refractivity contribution in [1.29, 1.82) is 0 Å². The van der Waals surface area contributed by atoms with E-state index in [1.165, 1.54) is 0 Å². The van der Waals surface area contributed by atoms with Gasteiger partial charge in [-0.25, -0.2) is 9.48 Å². The molecule has 0 spiro atoms. The zero-order valence-electron chi connectivity index (χ0n) is 26.4. The Morgan fingerprint density at radius 2 is 1.65 bits per heavy atom. The fraction of sp³-hybridized carbons (Fsp3) is 0.371. The Balaban J connectivity index is 1.23. The van der Waals surface area contributed by atoms with Crippen LogP contribution in [0.5, 0.6) is 0 Å². The Kier molecular flexibility index (Phi) is 8.68. The summed E-state index contributed by atoms with van der Waals surface area (Å²) in [6.45, 7) is 6.55. The number of amides is 2. The van der Waals surface area contributed by atoms with Gasteiger partial charge in [-0.1, -0.05) is 24.3 Å². The summed E-state index contributed by atoms with van der Waals surface area (Å²) >= 11 is 0. The van der Waals surface area contributed by atoms with Crippen LogP contribution in [0, 0.1) is 18.8 Å². The van der Waals surface area contributed by atoms with Gasteiger partial charge in [-0.2, -0.15) is 0 Å². The lowest BCUT2D eigenvalue weighted by atomic mass is 9.81. The number of carbonyl (C=O) groups excluding carboxylic acids is 2. The maximum absolute atomic E-state index is 13.7. The molecule has 2 amide bonds. The molecule has 1 aliphatic carbocycles. The molecule has 0 radical (unpaired) electrons. The smallest absolute Gasteiger partial charge is 0.323 e. The summed E-state index contributed by atoms with van der Waals surface area (Å²) in [6, 6.07) is 16.2. The number of hydrogen-bond donors (Lipinski definition) is 6. The second-order valence-electron chi connectivity index (χ2n) is 12.8. The average molecular weight is 624 g/mol. The molecule has 1 unspecified atom stereocenters. The molecule has 0 aliphatic heterocycles. The number of rotatable bonds is 9. The number of carbonyl (C=O) groups is 2. The van der Waals surface area contributed by atoms with Crippen LogP contribution < -0.4 is 27.6 Å². The summed E-state index contributed by atoms with van der Waals surface area (Å²) in [4.78, 5) is 57.0. The fourth-order valence-corrected chi connectivity index (χ4v) is 6.52. The van der Waals surface area contributed by atoms with Gasteiger partial charge in [-0.15, -0.1) is 0 Å². The molecule has 11 heteroatoms. The van der Waals surface area contributed by atoms with Crippen molar-refractivity contribution in [2.24, 2.45) is 17.6 Å². The van der Waals surface area contributed by atoms with Gasteiger partial charge in [0.25, 0.3) is 5.56 Å². The SMILES string of the molecule is Cc1cc2c(=O)n(C(C)C)[nH]c2cc1-c1ccc(CC(NC(=O)C2CCC(CN)CC2)C(=O)Nc2ccc3[nH]c(=O)[nH]c3c2)cc1. The van der Waals surface area contributed by atoms with Crippen molar-refractivity contribution in [2.45, 2.75) is 65.0 Å². The highest BCUT2D eigenvalue weighted by Crippen LogP contribution is 2.30. The molecule has 7 N–H and O–H groups in total. The molecule has 0 saturated heterocycles. The van der Waals surface area contributed by atoms with E-state index in [-0.39, 0.29) is 35.0 Å². The van der Waals surface area contributed by atoms with Gasteiger partial charge in [0.2, 0.25) is 11.8 Å². The first-order chi connectivity index (χ1) is 22.1. The fourth-order valence-electron chi connectivity index (χ4n) is 6.52. The second kappa shape index (κ2) is 12.8. The summed E-state index contributed by atoms with van der Waals surface area (Å²) < 4.78 is 1.63. The van der Waals surface area contributed by atoms with Crippen molar-refractivity contribution in [3.05, 3.63) is 86.6 Å². The number of anilines is 1. The summed E-state index contributed by atoms with van der Waals surface area (Å²) in [7, 11) is 0. The van der Waals surface area contributed by atoms with E-state index in [0.29, 0.717) is 41.0 Å². The minimum absolute atomic E-state index is 0.0233. The Morgan fingerprint density at radius 3 is 2.35 bits per heavy atom. The van der Waals surface area contributed by atoms with Gasteiger partial charge in [0.15, 0.2) is 0 Å². The van der Waals surface area contributed by atoms with Crippen molar-refractivity contribution in [3.63, 3.8) is 0 Å². The molecule has 2 heterocycles. The quantitative estimate of drug-likeness (QED) is 0.142. The van der Waals surface area contributed by atoms with Crippen LogP contribution in [0.15, 0.2) is 64.2 Å². The molecule has 2 aromatic heterocycles. The van der Waals surface area contributed by atoms with Crippen molar-refractivity contribution in [3.8, 4) is 11.1 Å². The van der Waals surface area contributed by atoms with Crippen molar-refractivity contribution < 1.29 is 9.59 Å². The zero-order valence-corrected chi connectivity index (χ0v) is 26.4. The Bertz CT molecular complexity index is 2010. The van der Waals surface area contributed by atoms with E-state index in [0.717, 1.165) is 53.5 Å². The predicted molar refractivity (Wildman–Crippen MR) is 181 cm³/mol. The van der Waals surface area contributed by atoms with E-state index < -0.39 is 6.04 Å². The summed E-state index contributed by atoms with van der Waals surface area (Å²) in [5.74, 6) is -0.179. The van der Waals surface area contributed by atoms with Gasteiger partial charge in [0.05, 0.1) is 21.9 Å². The molecule has 1 saturated carbocycles. The largest absolute Gasteiger partial charge is 0.344 e. The molecular weight excluding hydrogens is 582 g/mol. The molecule has 1 atom stereocenters. The van der Waals surface area contributed by atoms with Gasteiger partial charge >= 0.3 is 5.69 Å². The number of aryl methyl sites for hydroxylation is 1. The van der Waals surface area contributed by atoms with Crippen molar-refractivity contribution >= 4 is 39.4 Å². The zero-order chi connectivity index (χ0) is 32.5. The molecule has 5 aromatic rings. The molecule has 240 valence electrons. The number of aromatic amines is 3. The summed E-state index contributed by atoms with van der Waals surface area (Å²) in [6.07, 6.45) is 3.61. The van der Waals surface area contributed by atoms with Crippen LogP contribution in [0.4, 0.5) is 5.69 Å². The molecule has 3 aromatic carbocycles. The number of imidazole rings is 1. The molecule has 46 heavy (non-hydrogen) atoms. The van der Waals surface area contributed by atoms with Gasteiger partial charge in [-0.05, 0) is 112 Å². The van der Waals surface area contributed by atoms with Crippen molar-refractivity contribution in [2.75, 3.05) is 11.9 Å². The van der Waals surface area contributed by atoms with Crippen LogP contribution in [-0.2, 0) is 16.0 Å². The first-order valence-corrected chi connectivity index (χ1v) is 16.0. The minimum Gasteiger partial charge on any atom is -0.344 e. The lowest BCUT2D eigenvalue weighted by Gasteiger charge is -2.28. The minimum atomic E-state index is -0.814. The maximum Gasteiger partial charge on any atom is 0.323 e. The van der Waals surface area contributed by atoms with E-state index in [1.807, 2.05) is 57.2 Å². The molecular formula is C35H41N7O4. The number of benzene rings is 3. The third-order valence-electron chi connectivity index (χ3n) is 9.24. The molecule has 6 rings (SSSR count). The Morgan fingerprint density at radius 1 is 0.935 bits per heavy atom. The number of nitrogens with zero attached hydrogens (tertiary/aromatic N) is 1. The van der Waals surface area contributed by atoms with Crippen LogP contribution in [-0.4, -0.2) is 44.1 Å². The molecule has 0 bridgehead atoms. The summed E-state index contributed by atoms with van der Waals surface area (Å²) in [5.41, 5.74) is 11.9. The van der Waals surface area contributed by atoms with E-state index in [1.54, 1.807) is 22.9 Å². The lowest BCUT2D eigenvalue weighted by molar-refractivity contribution is -0.130. The van der Waals surface area contributed by atoms with Gasteiger partial charge in [-0.3, -0.25) is 19.5 Å². The Hall–Kier alpha value is -4.90. The number of aromatic nitrogens is 4. The third-order valence-corrected chi connectivity index (χ3v) is 9.24. The van der Waals surface area contributed by atoms with Gasteiger partial charge in [0.1, 0.15) is 6.04 Å². The number of fused-ring (bicyclic) bond motifs is 2. The van der Waals surface area contributed by atoms with Crippen molar-refractivity contribution in [1.82, 2.24) is 25.1 Å². The maximum atomic E-state index is 13.7. The predicted octanol–water partition coefficient (Wildman–Crippen LogP) is 4.49. The number of nitrogens with two attached hydrogens (primary N) is 1. The van der Waals surface area contributed by atoms with E-state index >= 15 is 0 Å². The second-order valence-corrected chi connectivity index (χ2v) is 12.8. The highest BCUT2D eigenvalue weighted by atomic mass is 16.2. The van der Waals surface area contributed by atoms with Crippen LogP contribution in [0.3, 0.4) is 0 Å². The number of hydrogen-bond acceptors (Lipinski definition) is 5. The van der Waals surface area contributed by atoms with E-state index in [9.17, 15) is 19.2 Å². The monoisotopic (exact) mass is 623 g/mol. The van der Waals surface area contributed by atoms with Crippen LogP contribution in [0.2, 0.25) is 0 Å². The topological polar surface area (TPSA) is 171 Å². The lowest BCUT2D eigenvalue weighted by Crippen LogP contribution is -2.48. The average Bonchev–Trinajstić information content (AvgIpc) is 3.58. The number of H-pyrrole nitrogens is 3. The highest BCUT2D eigenvalue weighted by molar-refractivity contribution is 5.99. The highest BCUT2D eigenvalue weighted by Gasteiger charge is 2.29. The Labute approximate surface area is 265 Å². The van der Waals surface area contributed by atoms with Crippen LogP contribution in [0.1, 0.15) is 56.7 Å². The normalized spacial score (nSPS) is 17.4. The van der Waals surface area contributed by atoms with E-state index in [2.05, 4.69) is 25.7 Å². The number of nitrogens with one attached hydrogen (secondary N) is 5. The molecule has 1 aliphatic rings. The first kappa shape index (κ1) is 31.1. The van der Waals surface area contributed by atoms with E-state index in [4.69, 9.17) is 5.73 Å². The summed E-state index contributed by atoms with van der Waals surface area (Å²) in [5, 5.41) is 9.85. The molecule has 1 fully saturated rings. The first-order valence-electron chi connectivity index (χ1n) is 16.0. The standard InChI is InChI=1S/C35H41N7O4/c1-19(2)42-34(45)27-14-20(3)26(17-29(27)41-42)23-8-4-21(5-9-23)15-31(38-32(43)24-10-6-22(18-36)7-11-24)33(44)37-25-12-13-28-30(16-25)40-35(46)39-28/h4-5,8-9,12-14,16-17,19,22,24,31,41H,6-7,10-11,15,18,36H2,1-3H3,(H,37,44)(H,38,43)(H2,39,40,46). The van der Waals surface area contributed by atoms with Crippen LogP contribution in [0.25, 0.3) is 33.1 Å². The van der Waals surface area contributed by atoms with Gasteiger partial charge < -0.3 is 26.3 Å². The third kappa shape index (κ3) is 6.41.